The molecule has 0 N–H and O–H groups in total. The molecule has 1 unspecified atom stereocenters. The standard InChI is InChI=1S/C69H112O6/c1-4-7-10-13-16-19-22-25-27-29-31-32-33-34-35-36-38-39-41-44-47-50-53-56-59-62-68(71)74-65-66(64-73-67(70)61-58-55-52-49-46-43-24-21-18-15-12-9-6-3)75-69(72)63-60-57-54-51-48-45-42-40-37-30-28-26-23-20-17-14-11-8-5-2/h8-9,11-12,17-18,20-21,26,28-29,31,37,40,43,45-46,48,52,54-55,57,66H,4-7,10,13-16,19,22-25,27,30,32-36,38-39,41-42,44,47,49-51,53,56,58-65H2,1-3H3/b11-8-,12-9-,20-17-,21-18-,28-26-,31-29-,40-37-,46-43-,48-45-,55-52-,57-54-. The zero-order valence-electron chi connectivity index (χ0n) is 48.5. The maximum absolute atomic E-state index is 12.8. The maximum Gasteiger partial charge on any atom is 0.306 e. The van der Waals surface area contributed by atoms with E-state index in [2.05, 4.69) is 130 Å². The first-order valence-electron chi connectivity index (χ1n) is 30.7. The summed E-state index contributed by atoms with van der Waals surface area (Å²) in [5.74, 6) is -1.11. The predicted molar refractivity (Wildman–Crippen MR) is 325 cm³/mol. The van der Waals surface area contributed by atoms with E-state index >= 15 is 0 Å². The first-order chi connectivity index (χ1) is 37.0. The van der Waals surface area contributed by atoms with Gasteiger partial charge in [0.25, 0.3) is 0 Å². The molecule has 6 nitrogen and oxygen atoms in total. The van der Waals surface area contributed by atoms with E-state index in [9.17, 15) is 14.4 Å². The van der Waals surface area contributed by atoms with Gasteiger partial charge in [-0.25, -0.2) is 0 Å². The van der Waals surface area contributed by atoms with E-state index in [0.717, 1.165) is 83.5 Å². The summed E-state index contributed by atoms with van der Waals surface area (Å²) in [5, 5.41) is 0. The number of allylic oxidation sites excluding steroid dienone is 22. The summed E-state index contributed by atoms with van der Waals surface area (Å²) in [6.45, 7) is 6.29. The minimum atomic E-state index is -0.852. The third-order valence-electron chi connectivity index (χ3n) is 12.6. The van der Waals surface area contributed by atoms with Crippen LogP contribution in [0, 0.1) is 0 Å². The Labute approximate surface area is 462 Å². The Balaban J connectivity index is 4.45. The third kappa shape index (κ3) is 60.3. The molecule has 0 rings (SSSR count). The lowest BCUT2D eigenvalue weighted by Gasteiger charge is -2.18. The summed E-state index contributed by atoms with van der Waals surface area (Å²) in [4.78, 5) is 38.1. The molecule has 0 saturated heterocycles. The Kier molecular flexibility index (Phi) is 58.4. The van der Waals surface area contributed by atoms with Crippen LogP contribution in [-0.4, -0.2) is 37.2 Å². The molecule has 1 atom stereocenters. The molecular formula is C69H112O6. The molecule has 0 saturated carbocycles. The van der Waals surface area contributed by atoms with E-state index < -0.39 is 12.1 Å². The van der Waals surface area contributed by atoms with E-state index in [1.54, 1.807) is 0 Å². The average molecular weight is 1040 g/mol. The lowest BCUT2D eigenvalue weighted by atomic mass is 10.0. The molecule has 0 aromatic heterocycles. The predicted octanol–water partition coefficient (Wildman–Crippen LogP) is 21.0. The molecule has 0 aromatic carbocycles. The molecular weight excluding hydrogens is 925 g/mol. The summed E-state index contributed by atoms with van der Waals surface area (Å²) in [6, 6.07) is 0. The fourth-order valence-corrected chi connectivity index (χ4v) is 8.12. The van der Waals surface area contributed by atoms with E-state index in [1.165, 1.54) is 128 Å². The van der Waals surface area contributed by atoms with Gasteiger partial charge < -0.3 is 14.2 Å². The van der Waals surface area contributed by atoms with Crippen molar-refractivity contribution >= 4 is 17.9 Å². The largest absolute Gasteiger partial charge is 0.462 e. The molecule has 75 heavy (non-hydrogen) atoms. The van der Waals surface area contributed by atoms with E-state index in [-0.39, 0.29) is 38.0 Å². The summed E-state index contributed by atoms with van der Waals surface area (Å²) in [6.07, 6.45) is 87.8. The number of rotatable bonds is 54. The molecule has 0 amide bonds. The van der Waals surface area contributed by atoms with Gasteiger partial charge in [0.05, 0.1) is 0 Å². The van der Waals surface area contributed by atoms with Crippen molar-refractivity contribution < 1.29 is 28.6 Å². The highest BCUT2D eigenvalue weighted by molar-refractivity contribution is 5.71. The van der Waals surface area contributed by atoms with Gasteiger partial charge in [-0.3, -0.25) is 14.4 Å². The van der Waals surface area contributed by atoms with Crippen molar-refractivity contribution in [1.82, 2.24) is 0 Å². The van der Waals surface area contributed by atoms with Crippen LogP contribution in [0.4, 0.5) is 0 Å². The summed E-state index contributed by atoms with van der Waals surface area (Å²) in [5.41, 5.74) is 0. The average Bonchev–Trinajstić information content (AvgIpc) is 3.41. The van der Waals surface area contributed by atoms with Crippen molar-refractivity contribution in [3.8, 4) is 0 Å². The van der Waals surface area contributed by atoms with Crippen molar-refractivity contribution in [2.45, 2.75) is 271 Å². The van der Waals surface area contributed by atoms with E-state index in [0.29, 0.717) is 19.3 Å². The highest BCUT2D eigenvalue weighted by Crippen LogP contribution is 2.15. The summed E-state index contributed by atoms with van der Waals surface area (Å²) < 4.78 is 16.7. The molecule has 0 heterocycles. The van der Waals surface area contributed by atoms with Gasteiger partial charge in [-0.15, -0.1) is 0 Å². The minimum Gasteiger partial charge on any atom is -0.462 e. The van der Waals surface area contributed by atoms with Crippen LogP contribution >= 0.6 is 0 Å². The second kappa shape index (κ2) is 62.1. The number of esters is 3. The Morgan fingerprint density at radius 2 is 0.547 bits per heavy atom. The Bertz CT molecular complexity index is 1620. The SMILES string of the molecule is CC/C=C\C/C=C\C/C=C\C/C=C\C/C=C\C/C=C\CCC(=O)OC(COC(=O)CC/C=C\C/C=C\C/C=C\C/C=C\CC)COC(=O)CCCCCCCCCCCCCCC/C=C\CCCCCCCCCC. The topological polar surface area (TPSA) is 78.9 Å². The number of unbranched alkanes of at least 4 members (excludes halogenated alkanes) is 21. The lowest BCUT2D eigenvalue weighted by molar-refractivity contribution is -0.166. The van der Waals surface area contributed by atoms with Crippen LogP contribution in [0.2, 0.25) is 0 Å². The molecule has 0 aliphatic carbocycles. The molecule has 0 aliphatic rings. The molecule has 6 heteroatoms. The molecule has 0 radical (unpaired) electrons. The van der Waals surface area contributed by atoms with E-state index in [4.69, 9.17) is 14.2 Å². The molecule has 424 valence electrons. The monoisotopic (exact) mass is 1040 g/mol. The minimum absolute atomic E-state index is 0.134. The normalized spacial score (nSPS) is 13.1. The number of ether oxygens (including phenoxy) is 3. The van der Waals surface area contributed by atoms with Crippen LogP contribution in [-0.2, 0) is 28.6 Å². The van der Waals surface area contributed by atoms with Crippen LogP contribution in [0.5, 0.6) is 0 Å². The van der Waals surface area contributed by atoms with Crippen LogP contribution in [0.15, 0.2) is 134 Å². The zero-order chi connectivity index (χ0) is 54.3. The van der Waals surface area contributed by atoms with Gasteiger partial charge in [-0.2, -0.15) is 0 Å². The highest BCUT2D eigenvalue weighted by atomic mass is 16.6. The Morgan fingerprint density at radius 1 is 0.280 bits per heavy atom. The van der Waals surface area contributed by atoms with Crippen molar-refractivity contribution in [1.29, 1.82) is 0 Å². The molecule has 0 bridgehead atoms. The number of carbonyl (C=O) groups is 3. The summed E-state index contributed by atoms with van der Waals surface area (Å²) in [7, 11) is 0. The quantitative estimate of drug-likeness (QED) is 0.0261. The second-order valence-corrected chi connectivity index (χ2v) is 19.8. The third-order valence-corrected chi connectivity index (χ3v) is 12.6. The van der Waals surface area contributed by atoms with Crippen molar-refractivity contribution in [3.05, 3.63) is 134 Å². The van der Waals surface area contributed by atoms with Crippen molar-refractivity contribution in [2.75, 3.05) is 13.2 Å². The number of carbonyl (C=O) groups excluding carboxylic acids is 3. The van der Waals surface area contributed by atoms with Gasteiger partial charge in [0.2, 0.25) is 0 Å². The highest BCUT2D eigenvalue weighted by Gasteiger charge is 2.19. The van der Waals surface area contributed by atoms with Gasteiger partial charge in [-0.1, -0.05) is 270 Å². The van der Waals surface area contributed by atoms with Gasteiger partial charge in [0.1, 0.15) is 13.2 Å². The van der Waals surface area contributed by atoms with E-state index in [1.807, 2.05) is 24.3 Å². The molecule has 0 spiro atoms. The Morgan fingerprint density at radius 3 is 0.893 bits per heavy atom. The van der Waals surface area contributed by atoms with Crippen LogP contribution in [0.25, 0.3) is 0 Å². The van der Waals surface area contributed by atoms with Crippen LogP contribution in [0.3, 0.4) is 0 Å². The molecule has 0 aromatic rings. The zero-order valence-corrected chi connectivity index (χ0v) is 48.5. The maximum atomic E-state index is 12.8. The fraction of sp³-hybridized carbons (Fsp3) is 0.638. The van der Waals surface area contributed by atoms with Crippen molar-refractivity contribution in [2.24, 2.45) is 0 Å². The van der Waals surface area contributed by atoms with Gasteiger partial charge >= 0.3 is 17.9 Å². The van der Waals surface area contributed by atoms with Crippen LogP contribution in [0.1, 0.15) is 265 Å². The first kappa shape index (κ1) is 70.5. The van der Waals surface area contributed by atoms with Gasteiger partial charge in [0, 0.05) is 19.3 Å². The van der Waals surface area contributed by atoms with Gasteiger partial charge in [-0.05, 0) is 109 Å². The molecule has 0 fully saturated rings. The second-order valence-electron chi connectivity index (χ2n) is 19.8. The van der Waals surface area contributed by atoms with Crippen molar-refractivity contribution in [3.63, 3.8) is 0 Å². The van der Waals surface area contributed by atoms with Crippen LogP contribution < -0.4 is 0 Å². The first-order valence-corrected chi connectivity index (χ1v) is 30.7. The molecule has 0 aliphatic heterocycles. The van der Waals surface area contributed by atoms with Gasteiger partial charge in [0.15, 0.2) is 6.10 Å². The Hall–Kier alpha value is -4.45. The fourth-order valence-electron chi connectivity index (χ4n) is 8.12. The summed E-state index contributed by atoms with van der Waals surface area (Å²) >= 11 is 0. The lowest BCUT2D eigenvalue weighted by Crippen LogP contribution is -2.30. The smallest absolute Gasteiger partial charge is 0.306 e. The number of hydrogen-bond donors (Lipinski definition) is 0. The number of hydrogen-bond acceptors (Lipinski definition) is 6.